The van der Waals surface area contributed by atoms with Gasteiger partial charge in [0.1, 0.15) is 0 Å². The quantitative estimate of drug-likeness (QED) is 0.715. The fourth-order valence-corrected chi connectivity index (χ4v) is 1.89. The van der Waals surface area contributed by atoms with Crippen LogP contribution < -0.4 is 0 Å². The van der Waals surface area contributed by atoms with Crippen molar-refractivity contribution in [3.8, 4) is 0 Å². The van der Waals surface area contributed by atoms with Crippen molar-refractivity contribution in [1.82, 2.24) is 10.2 Å². The van der Waals surface area contributed by atoms with Crippen LogP contribution in [0.1, 0.15) is 11.3 Å². The van der Waals surface area contributed by atoms with Gasteiger partial charge < -0.3 is 0 Å². The van der Waals surface area contributed by atoms with Crippen LogP contribution in [-0.4, -0.2) is 10.2 Å². The van der Waals surface area contributed by atoms with E-state index in [0.29, 0.717) is 10.0 Å². The van der Waals surface area contributed by atoms with E-state index < -0.39 is 0 Å². The van der Waals surface area contributed by atoms with Gasteiger partial charge in [-0.15, -0.1) is 0 Å². The second kappa shape index (κ2) is 2.89. The Morgan fingerprint density at radius 2 is 2.00 bits per heavy atom. The third kappa shape index (κ3) is 1.21. The lowest BCUT2D eigenvalue weighted by Gasteiger charge is -2.01. The number of nitrogens with one attached hydrogen (secondary N) is 1. The maximum absolute atomic E-state index is 6.01. The fraction of sp³-hybridized carbons (Fsp3) is 0.222. The van der Waals surface area contributed by atoms with Crippen LogP contribution in [0.4, 0.5) is 0 Å². The molecule has 0 aliphatic rings. The molecule has 2 aromatic rings. The van der Waals surface area contributed by atoms with Crippen molar-refractivity contribution in [3.63, 3.8) is 0 Å². The molecule has 2 rings (SSSR count). The van der Waals surface area contributed by atoms with E-state index in [1.54, 1.807) is 6.07 Å². The van der Waals surface area contributed by atoms with Crippen LogP contribution in [0.5, 0.6) is 0 Å². The zero-order valence-electron chi connectivity index (χ0n) is 7.28. The molecule has 13 heavy (non-hydrogen) atoms. The maximum atomic E-state index is 6.01. The van der Waals surface area contributed by atoms with Crippen molar-refractivity contribution in [3.05, 3.63) is 27.4 Å². The second-order valence-corrected chi connectivity index (χ2v) is 3.83. The zero-order chi connectivity index (χ0) is 9.59. The number of hydrogen-bond donors (Lipinski definition) is 1. The predicted octanol–water partition coefficient (Wildman–Crippen LogP) is 3.49. The molecule has 0 saturated carbocycles. The number of aryl methyl sites for hydroxylation is 2. The van der Waals surface area contributed by atoms with Gasteiger partial charge in [0.15, 0.2) is 0 Å². The van der Waals surface area contributed by atoms with Crippen LogP contribution in [0.25, 0.3) is 10.9 Å². The Balaban J connectivity index is 2.97. The van der Waals surface area contributed by atoms with Crippen LogP contribution in [0.2, 0.25) is 10.0 Å². The molecule has 1 aromatic carbocycles. The number of rotatable bonds is 0. The Labute approximate surface area is 85.8 Å². The third-order valence-electron chi connectivity index (χ3n) is 2.15. The molecule has 0 aliphatic carbocycles. The van der Waals surface area contributed by atoms with Gasteiger partial charge in [-0.1, -0.05) is 23.2 Å². The van der Waals surface area contributed by atoms with Gasteiger partial charge in [-0.05, 0) is 25.5 Å². The third-order valence-corrected chi connectivity index (χ3v) is 3.03. The SMILES string of the molecule is Cc1[nH]nc2cc(Cl)c(Cl)c(C)c12. The smallest absolute Gasteiger partial charge is 0.0942 e. The molecule has 0 bridgehead atoms. The molecule has 0 saturated heterocycles. The first-order valence-electron chi connectivity index (χ1n) is 3.90. The van der Waals surface area contributed by atoms with Crippen LogP contribution >= 0.6 is 23.2 Å². The summed E-state index contributed by atoms with van der Waals surface area (Å²) in [6.07, 6.45) is 0. The lowest BCUT2D eigenvalue weighted by Crippen LogP contribution is -1.81. The van der Waals surface area contributed by atoms with E-state index in [-0.39, 0.29) is 0 Å². The highest BCUT2D eigenvalue weighted by Gasteiger charge is 2.10. The summed E-state index contributed by atoms with van der Waals surface area (Å²) >= 11 is 11.9. The molecule has 0 spiro atoms. The Kier molecular flexibility index (Phi) is 1.97. The van der Waals surface area contributed by atoms with E-state index >= 15 is 0 Å². The molecule has 4 heteroatoms. The monoisotopic (exact) mass is 214 g/mol. The summed E-state index contributed by atoms with van der Waals surface area (Å²) in [6, 6.07) is 1.77. The number of nitrogens with zero attached hydrogens (tertiary/aromatic N) is 1. The van der Waals surface area contributed by atoms with Crippen LogP contribution in [0.15, 0.2) is 6.07 Å². The highest BCUT2D eigenvalue weighted by atomic mass is 35.5. The van der Waals surface area contributed by atoms with Gasteiger partial charge >= 0.3 is 0 Å². The molecule has 0 unspecified atom stereocenters. The number of aromatic nitrogens is 2. The number of halogens is 2. The summed E-state index contributed by atoms with van der Waals surface area (Å²) in [7, 11) is 0. The van der Waals surface area contributed by atoms with E-state index in [1.165, 1.54) is 0 Å². The van der Waals surface area contributed by atoms with Crippen LogP contribution in [0, 0.1) is 13.8 Å². The molecule has 68 valence electrons. The average molecular weight is 215 g/mol. The standard InChI is InChI=1S/C9H8Cl2N2/c1-4-8-5(2)12-13-7(8)3-6(10)9(4)11/h3H,1-2H3,(H,12,13). The number of fused-ring (bicyclic) bond motifs is 1. The van der Waals surface area contributed by atoms with Gasteiger partial charge in [0, 0.05) is 11.1 Å². The van der Waals surface area contributed by atoms with Crippen LogP contribution in [0.3, 0.4) is 0 Å². The van der Waals surface area contributed by atoms with Crippen molar-refractivity contribution in [2.24, 2.45) is 0 Å². The first-order valence-corrected chi connectivity index (χ1v) is 4.66. The topological polar surface area (TPSA) is 28.7 Å². The fourth-order valence-electron chi connectivity index (χ4n) is 1.50. The number of H-pyrrole nitrogens is 1. The van der Waals surface area contributed by atoms with E-state index in [4.69, 9.17) is 23.2 Å². The highest BCUT2D eigenvalue weighted by molar-refractivity contribution is 6.43. The number of aromatic amines is 1. The van der Waals surface area contributed by atoms with Gasteiger partial charge in [-0.2, -0.15) is 5.10 Å². The zero-order valence-corrected chi connectivity index (χ0v) is 8.79. The van der Waals surface area contributed by atoms with Crippen molar-refractivity contribution in [1.29, 1.82) is 0 Å². The lowest BCUT2D eigenvalue weighted by atomic mass is 10.1. The predicted molar refractivity (Wildman–Crippen MR) is 55.6 cm³/mol. The Hall–Kier alpha value is -0.730. The minimum atomic E-state index is 0.554. The van der Waals surface area contributed by atoms with Crippen molar-refractivity contribution >= 4 is 34.1 Å². The largest absolute Gasteiger partial charge is 0.282 e. The summed E-state index contributed by atoms with van der Waals surface area (Å²) in [4.78, 5) is 0. The number of benzene rings is 1. The molecule has 1 aromatic heterocycles. The molecule has 1 heterocycles. The van der Waals surface area contributed by atoms with Crippen molar-refractivity contribution < 1.29 is 0 Å². The Bertz CT molecular complexity index is 474. The summed E-state index contributed by atoms with van der Waals surface area (Å²) < 4.78 is 0. The normalized spacial score (nSPS) is 11.1. The number of hydrogen-bond acceptors (Lipinski definition) is 1. The van der Waals surface area contributed by atoms with Crippen molar-refractivity contribution in [2.45, 2.75) is 13.8 Å². The van der Waals surface area contributed by atoms with Gasteiger partial charge in [-0.25, -0.2) is 0 Å². The van der Waals surface area contributed by atoms with Gasteiger partial charge in [0.2, 0.25) is 0 Å². The molecule has 0 radical (unpaired) electrons. The molecule has 0 atom stereocenters. The highest BCUT2D eigenvalue weighted by Crippen LogP contribution is 2.32. The molecule has 0 fully saturated rings. The van der Waals surface area contributed by atoms with Gasteiger partial charge in [-0.3, -0.25) is 5.10 Å². The first-order chi connectivity index (χ1) is 6.11. The van der Waals surface area contributed by atoms with E-state index in [2.05, 4.69) is 10.2 Å². The molecule has 1 N–H and O–H groups in total. The molecular formula is C9H8Cl2N2. The Morgan fingerprint density at radius 3 is 2.69 bits per heavy atom. The molecule has 0 amide bonds. The first kappa shape index (κ1) is 8.85. The average Bonchev–Trinajstić information content (AvgIpc) is 2.43. The Morgan fingerprint density at radius 1 is 1.31 bits per heavy atom. The van der Waals surface area contributed by atoms with Gasteiger partial charge in [0.05, 0.1) is 15.6 Å². The summed E-state index contributed by atoms with van der Waals surface area (Å²) in [5.41, 5.74) is 2.87. The van der Waals surface area contributed by atoms with E-state index in [0.717, 1.165) is 22.2 Å². The van der Waals surface area contributed by atoms with E-state index in [9.17, 15) is 0 Å². The van der Waals surface area contributed by atoms with Gasteiger partial charge in [0.25, 0.3) is 0 Å². The minimum absolute atomic E-state index is 0.554. The van der Waals surface area contributed by atoms with E-state index in [1.807, 2.05) is 13.8 Å². The molecular weight excluding hydrogens is 207 g/mol. The van der Waals surface area contributed by atoms with Crippen LogP contribution in [-0.2, 0) is 0 Å². The lowest BCUT2D eigenvalue weighted by molar-refractivity contribution is 1.07. The van der Waals surface area contributed by atoms with Crippen molar-refractivity contribution in [2.75, 3.05) is 0 Å². The summed E-state index contributed by atoms with van der Waals surface area (Å²) in [5, 5.41) is 9.25. The summed E-state index contributed by atoms with van der Waals surface area (Å²) in [6.45, 7) is 3.91. The second-order valence-electron chi connectivity index (χ2n) is 3.04. The maximum Gasteiger partial charge on any atom is 0.0942 e. The summed E-state index contributed by atoms with van der Waals surface area (Å²) in [5.74, 6) is 0. The molecule has 2 nitrogen and oxygen atoms in total. The minimum Gasteiger partial charge on any atom is -0.282 e. The molecule has 0 aliphatic heterocycles.